The Labute approximate surface area is 192 Å². The quantitative estimate of drug-likeness (QED) is 0.621. The van der Waals surface area contributed by atoms with Crippen LogP contribution in [0.25, 0.3) is 0 Å². The summed E-state index contributed by atoms with van der Waals surface area (Å²) in [6.45, 7) is 5.25. The topological polar surface area (TPSA) is 124 Å². The summed E-state index contributed by atoms with van der Waals surface area (Å²) in [4.78, 5) is 24.8. The fraction of sp³-hybridized carbons (Fsp3) is 0.240. The molecule has 1 aliphatic heterocycles. The van der Waals surface area contributed by atoms with Crippen molar-refractivity contribution in [3.8, 4) is 11.8 Å². The van der Waals surface area contributed by atoms with Crippen LogP contribution in [0.2, 0.25) is 0 Å². The third-order valence-corrected chi connectivity index (χ3v) is 4.99. The number of hydrogen-bond acceptors (Lipinski definition) is 7. The fourth-order valence-corrected chi connectivity index (χ4v) is 3.51. The van der Waals surface area contributed by atoms with E-state index < -0.39 is 11.9 Å². The molecule has 0 fully saturated rings. The van der Waals surface area contributed by atoms with Gasteiger partial charge in [-0.1, -0.05) is 24.3 Å². The summed E-state index contributed by atoms with van der Waals surface area (Å²) < 4.78 is 16.1. The van der Waals surface area contributed by atoms with Crippen LogP contribution in [0.3, 0.4) is 0 Å². The molecule has 0 radical (unpaired) electrons. The summed E-state index contributed by atoms with van der Waals surface area (Å²) in [7, 11) is 0. The van der Waals surface area contributed by atoms with Gasteiger partial charge in [-0.3, -0.25) is 4.79 Å². The molecule has 3 rings (SSSR count). The summed E-state index contributed by atoms with van der Waals surface area (Å²) in [5, 5.41) is 12.4. The van der Waals surface area contributed by atoms with E-state index in [1.807, 2.05) is 31.2 Å². The standard InChI is InChI=1S/C25H25N3O5/c1-4-31-25(30)22-16(3)33-24(27)20(13-26)23(22)17-8-10-19(11-9-17)32-14-21(29)28-18-7-5-6-15(2)12-18/h5-12,23H,4,14,27H2,1-3H3,(H,28,29). The number of allylic oxidation sites excluding steroid dienone is 2. The molecule has 170 valence electrons. The van der Waals surface area contributed by atoms with Crippen molar-refractivity contribution in [2.24, 2.45) is 5.73 Å². The van der Waals surface area contributed by atoms with Crippen LogP contribution in [-0.4, -0.2) is 25.1 Å². The Kier molecular flexibility index (Phi) is 7.36. The summed E-state index contributed by atoms with van der Waals surface area (Å²) >= 11 is 0. The molecule has 3 N–H and O–H groups in total. The first-order valence-corrected chi connectivity index (χ1v) is 10.4. The molecule has 0 spiro atoms. The SMILES string of the molecule is CCOC(=O)C1=C(C)OC(N)=C(C#N)C1c1ccc(OCC(=O)Nc2cccc(C)c2)cc1. The molecule has 0 saturated carbocycles. The van der Waals surface area contributed by atoms with Crippen molar-refractivity contribution in [3.63, 3.8) is 0 Å². The van der Waals surface area contributed by atoms with Crippen molar-refractivity contribution in [1.82, 2.24) is 0 Å². The van der Waals surface area contributed by atoms with Gasteiger partial charge in [-0.15, -0.1) is 0 Å². The molecule has 33 heavy (non-hydrogen) atoms. The van der Waals surface area contributed by atoms with Gasteiger partial charge in [-0.05, 0) is 56.2 Å². The van der Waals surface area contributed by atoms with Gasteiger partial charge >= 0.3 is 5.97 Å². The lowest BCUT2D eigenvalue weighted by Gasteiger charge is -2.26. The number of carbonyl (C=O) groups excluding carboxylic acids is 2. The molecule has 1 aliphatic rings. The summed E-state index contributed by atoms with van der Waals surface area (Å²) in [6, 6.07) is 16.2. The fourth-order valence-electron chi connectivity index (χ4n) is 3.51. The van der Waals surface area contributed by atoms with Crippen molar-refractivity contribution in [1.29, 1.82) is 5.26 Å². The van der Waals surface area contributed by atoms with Crippen LogP contribution in [0, 0.1) is 18.3 Å². The summed E-state index contributed by atoms with van der Waals surface area (Å²) in [6.07, 6.45) is 0. The highest BCUT2D eigenvalue weighted by molar-refractivity contribution is 5.93. The van der Waals surface area contributed by atoms with E-state index in [4.69, 9.17) is 19.9 Å². The molecular formula is C25H25N3O5. The first-order valence-electron chi connectivity index (χ1n) is 10.4. The van der Waals surface area contributed by atoms with Crippen molar-refractivity contribution < 1.29 is 23.8 Å². The zero-order valence-corrected chi connectivity index (χ0v) is 18.7. The van der Waals surface area contributed by atoms with Crippen molar-refractivity contribution >= 4 is 17.6 Å². The van der Waals surface area contributed by atoms with Gasteiger partial charge < -0.3 is 25.3 Å². The van der Waals surface area contributed by atoms with Gasteiger partial charge in [0, 0.05) is 5.69 Å². The van der Waals surface area contributed by atoms with Gasteiger partial charge in [-0.25, -0.2) is 4.79 Å². The molecule has 2 aromatic carbocycles. The molecule has 8 heteroatoms. The second-order valence-corrected chi connectivity index (χ2v) is 7.39. The predicted octanol–water partition coefficient (Wildman–Crippen LogP) is 3.66. The van der Waals surface area contributed by atoms with E-state index in [2.05, 4.69) is 5.32 Å². The van der Waals surface area contributed by atoms with E-state index in [1.165, 1.54) is 0 Å². The Morgan fingerprint density at radius 2 is 1.91 bits per heavy atom. The van der Waals surface area contributed by atoms with Crippen LogP contribution in [-0.2, 0) is 19.1 Å². The third-order valence-electron chi connectivity index (χ3n) is 4.99. The average molecular weight is 447 g/mol. The Hall–Kier alpha value is -4.25. The normalized spacial score (nSPS) is 15.4. The lowest BCUT2D eigenvalue weighted by atomic mass is 9.83. The van der Waals surface area contributed by atoms with E-state index in [9.17, 15) is 14.9 Å². The van der Waals surface area contributed by atoms with Crippen molar-refractivity contribution in [2.75, 3.05) is 18.5 Å². The van der Waals surface area contributed by atoms with Crippen LogP contribution in [0.5, 0.6) is 5.75 Å². The van der Waals surface area contributed by atoms with Gasteiger partial charge in [0.1, 0.15) is 23.2 Å². The van der Waals surface area contributed by atoms with Gasteiger partial charge in [0.05, 0.1) is 18.1 Å². The largest absolute Gasteiger partial charge is 0.484 e. The van der Waals surface area contributed by atoms with Gasteiger partial charge in [0.2, 0.25) is 5.88 Å². The van der Waals surface area contributed by atoms with Crippen LogP contribution in [0.4, 0.5) is 5.69 Å². The van der Waals surface area contributed by atoms with E-state index in [0.29, 0.717) is 17.0 Å². The first kappa shape index (κ1) is 23.4. The molecule has 0 bridgehead atoms. The number of nitrogens with one attached hydrogen (secondary N) is 1. The monoisotopic (exact) mass is 447 g/mol. The smallest absolute Gasteiger partial charge is 0.338 e. The van der Waals surface area contributed by atoms with Crippen molar-refractivity contribution in [2.45, 2.75) is 26.7 Å². The maximum atomic E-state index is 12.6. The minimum Gasteiger partial charge on any atom is -0.484 e. The predicted molar refractivity (Wildman–Crippen MR) is 122 cm³/mol. The highest BCUT2D eigenvalue weighted by atomic mass is 16.5. The maximum Gasteiger partial charge on any atom is 0.338 e. The van der Waals surface area contributed by atoms with Gasteiger partial charge in [-0.2, -0.15) is 5.26 Å². The van der Waals surface area contributed by atoms with Gasteiger partial charge in [0.25, 0.3) is 5.91 Å². The number of ether oxygens (including phenoxy) is 3. The average Bonchev–Trinajstić information content (AvgIpc) is 2.78. The number of anilines is 1. The number of nitriles is 1. The Morgan fingerprint density at radius 3 is 2.55 bits per heavy atom. The lowest BCUT2D eigenvalue weighted by molar-refractivity contribution is -0.139. The Bertz CT molecular complexity index is 1160. The number of rotatable bonds is 7. The molecule has 8 nitrogen and oxygen atoms in total. The minimum atomic E-state index is -0.735. The number of aryl methyl sites for hydroxylation is 1. The zero-order valence-electron chi connectivity index (χ0n) is 18.7. The van der Waals surface area contributed by atoms with E-state index in [-0.39, 0.29) is 41.9 Å². The highest BCUT2D eigenvalue weighted by Gasteiger charge is 2.36. The lowest BCUT2D eigenvalue weighted by Crippen LogP contribution is -2.25. The molecule has 1 atom stereocenters. The summed E-state index contributed by atoms with van der Waals surface area (Å²) in [5.41, 5.74) is 8.61. The number of nitrogens with two attached hydrogens (primary N) is 1. The van der Waals surface area contributed by atoms with Gasteiger partial charge in [0.15, 0.2) is 6.61 Å². The first-order chi connectivity index (χ1) is 15.8. The Balaban J connectivity index is 1.75. The zero-order chi connectivity index (χ0) is 24.0. The highest BCUT2D eigenvalue weighted by Crippen LogP contribution is 2.39. The van der Waals surface area contributed by atoms with E-state index in [1.54, 1.807) is 44.2 Å². The number of amides is 1. The molecule has 1 heterocycles. The second kappa shape index (κ2) is 10.4. The van der Waals surface area contributed by atoms with Crippen LogP contribution < -0.4 is 15.8 Å². The van der Waals surface area contributed by atoms with Crippen molar-refractivity contribution in [3.05, 3.63) is 82.4 Å². The summed E-state index contributed by atoms with van der Waals surface area (Å²) in [5.74, 6) is -0.919. The van der Waals surface area contributed by atoms with E-state index in [0.717, 1.165) is 5.56 Å². The number of benzene rings is 2. The van der Waals surface area contributed by atoms with E-state index >= 15 is 0 Å². The Morgan fingerprint density at radius 1 is 1.18 bits per heavy atom. The minimum absolute atomic E-state index is 0.0544. The molecule has 1 amide bonds. The molecule has 0 aromatic heterocycles. The van der Waals surface area contributed by atoms with Crippen LogP contribution >= 0.6 is 0 Å². The van der Waals surface area contributed by atoms with Crippen LogP contribution in [0.15, 0.2) is 71.3 Å². The third kappa shape index (κ3) is 5.52. The molecule has 1 unspecified atom stereocenters. The molecular weight excluding hydrogens is 422 g/mol. The molecule has 0 saturated heterocycles. The molecule has 2 aromatic rings. The number of hydrogen-bond donors (Lipinski definition) is 2. The maximum absolute atomic E-state index is 12.6. The number of nitrogens with zero attached hydrogens (tertiary/aromatic N) is 1. The van der Waals surface area contributed by atoms with Crippen LogP contribution in [0.1, 0.15) is 30.9 Å². The second-order valence-electron chi connectivity index (χ2n) is 7.39. The number of carbonyl (C=O) groups is 2. The number of esters is 1. The molecule has 0 aliphatic carbocycles.